The van der Waals surface area contributed by atoms with Crippen molar-refractivity contribution < 1.29 is 19.4 Å². The van der Waals surface area contributed by atoms with E-state index in [1.165, 1.54) is 0 Å². The number of nitrogens with one attached hydrogen (secondary N) is 2. The van der Waals surface area contributed by atoms with Gasteiger partial charge in [0, 0.05) is 20.1 Å². The van der Waals surface area contributed by atoms with E-state index in [1.807, 2.05) is 13.8 Å². The summed E-state index contributed by atoms with van der Waals surface area (Å²) in [5, 5.41) is 14.3. The summed E-state index contributed by atoms with van der Waals surface area (Å²) in [5.41, 5.74) is 0. The minimum Gasteiger partial charge on any atom is -0.395 e. The first-order valence-corrected chi connectivity index (χ1v) is 8.67. The Morgan fingerprint density at radius 3 is 2.65 bits per heavy atom. The normalized spacial score (nSPS) is 22.7. The van der Waals surface area contributed by atoms with Crippen LogP contribution in [0.4, 0.5) is 0 Å². The Balaban J connectivity index is 2.50. The van der Waals surface area contributed by atoms with Crippen molar-refractivity contribution in [2.75, 3.05) is 20.3 Å². The second kappa shape index (κ2) is 10.6. The monoisotopic (exact) mass is 328 g/mol. The maximum absolute atomic E-state index is 12.3. The number of hydrogen-bond acceptors (Lipinski definition) is 4. The van der Waals surface area contributed by atoms with E-state index >= 15 is 0 Å². The number of aliphatic hydroxyl groups excluding tert-OH is 1. The number of carbonyl (C=O) groups is 2. The molecule has 3 N–H and O–H groups in total. The molecule has 3 atom stereocenters. The summed E-state index contributed by atoms with van der Waals surface area (Å²) in [7, 11) is 1.72. The fraction of sp³-hybridized carbons (Fsp3) is 0.882. The Labute approximate surface area is 139 Å². The van der Waals surface area contributed by atoms with Crippen LogP contribution in [0.5, 0.6) is 0 Å². The molecule has 0 radical (unpaired) electrons. The first-order valence-electron chi connectivity index (χ1n) is 8.67. The average Bonchev–Trinajstić information content (AvgIpc) is 2.51. The van der Waals surface area contributed by atoms with Crippen molar-refractivity contribution in [1.82, 2.24) is 10.6 Å². The van der Waals surface area contributed by atoms with Crippen molar-refractivity contribution in [1.29, 1.82) is 0 Å². The SMILES string of the molecule is COC1CCCC(CC(=O)N[C@@H](CC(C)C)C(=O)NCCO)C1. The number of methoxy groups -OCH3 is 1. The highest BCUT2D eigenvalue weighted by Gasteiger charge is 2.26. The van der Waals surface area contributed by atoms with E-state index in [0.717, 1.165) is 25.7 Å². The number of carbonyl (C=O) groups excluding carboxylic acids is 2. The molecule has 0 bridgehead atoms. The van der Waals surface area contributed by atoms with Crippen LogP contribution in [0.1, 0.15) is 52.4 Å². The summed E-state index contributed by atoms with van der Waals surface area (Å²) in [4.78, 5) is 24.4. The van der Waals surface area contributed by atoms with Gasteiger partial charge in [0.05, 0.1) is 12.7 Å². The van der Waals surface area contributed by atoms with E-state index in [-0.39, 0.29) is 31.1 Å². The van der Waals surface area contributed by atoms with Gasteiger partial charge >= 0.3 is 0 Å². The van der Waals surface area contributed by atoms with E-state index in [9.17, 15) is 9.59 Å². The quantitative estimate of drug-likeness (QED) is 0.594. The minimum atomic E-state index is -0.532. The third kappa shape index (κ3) is 7.79. The van der Waals surface area contributed by atoms with Crippen molar-refractivity contribution in [2.45, 2.75) is 64.5 Å². The van der Waals surface area contributed by atoms with Crippen LogP contribution < -0.4 is 10.6 Å². The Morgan fingerprint density at radius 1 is 1.30 bits per heavy atom. The zero-order chi connectivity index (χ0) is 17.2. The van der Waals surface area contributed by atoms with Crippen LogP contribution in [0.25, 0.3) is 0 Å². The highest BCUT2D eigenvalue weighted by molar-refractivity contribution is 5.87. The molecule has 6 heteroatoms. The second-order valence-electron chi connectivity index (χ2n) is 6.86. The first kappa shape index (κ1) is 19.9. The lowest BCUT2D eigenvalue weighted by Crippen LogP contribution is -2.48. The Kier molecular flexibility index (Phi) is 9.17. The Morgan fingerprint density at radius 2 is 2.04 bits per heavy atom. The zero-order valence-corrected chi connectivity index (χ0v) is 14.6. The summed E-state index contributed by atoms with van der Waals surface area (Å²) in [5.74, 6) is 0.331. The Hall–Kier alpha value is -1.14. The number of aliphatic hydroxyl groups is 1. The largest absolute Gasteiger partial charge is 0.395 e. The van der Waals surface area contributed by atoms with Gasteiger partial charge in [-0.15, -0.1) is 0 Å². The molecular weight excluding hydrogens is 296 g/mol. The van der Waals surface area contributed by atoms with E-state index in [0.29, 0.717) is 24.7 Å². The third-order valence-electron chi connectivity index (χ3n) is 4.31. The van der Waals surface area contributed by atoms with Gasteiger partial charge in [-0.2, -0.15) is 0 Å². The van der Waals surface area contributed by atoms with Gasteiger partial charge in [0.25, 0.3) is 0 Å². The molecule has 0 spiro atoms. The predicted molar refractivity (Wildman–Crippen MR) is 88.9 cm³/mol. The van der Waals surface area contributed by atoms with Crippen LogP contribution in [-0.2, 0) is 14.3 Å². The number of rotatable bonds is 9. The molecular formula is C17H32N2O4. The molecule has 0 aromatic carbocycles. The molecule has 0 heterocycles. The molecule has 1 rings (SSSR count). The fourth-order valence-electron chi connectivity index (χ4n) is 3.16. The van der Waals surface area contributed by atoms with Gasteiger partial charge in [0.1, 0.15) is 6.04 Å². The van der Waals surface area contributed by atoms with Crippen molar-refractivity contribution in [3.8, 4) is 0 Å². The molecule has 1 saturated carbocycles. The highest BCUT2D eigenvalue weighted by Crippen LogP contribution is 2.28. The van der Waals surface area contributed by atoms with Crippen LogP contribution >= 0.6 is 0 Å². The highest BCUT2D eigenvalue weighted by atomic mass is 16.5. The van der Waals surface area contributed by atoms with Crippen LogP contribution in [0, 0.1) is 11.8 Å². The third-order valence-corrected chi connectivity index (χ3v) is 4.31. The fourth-order valence-corrected chi connectivity index (χ4v) is 3.16. The molecule has 6 nitrogen and oxygen atoms in total. The van der Waals surface area contributed by atoms with Crippen LogP contribution in [0.3, 0.4) is 0 Å². The lowest BCUT2D eigenvalue weighted by Gasteiger charge is -2.28. The number of hydrogen-bond donors (Lipinski definition) is 3. The lowest BCUT2D eigenvalue weighted by molar-refractivity contribution is -0.130. The van der Waals surface area contributed by atoms with Gasteiger partial charge in [-0.1, -0.05) is 20.3 Å². The maximum atomic E-state index is 12.3. The molecule has 1 aliphatic rings. The summed E-state index contributed by atoms with van der Waals surface area (Å²) in [6.45, 7) is 4.14. The van der Waals surface area contributed by atoms with Crippen LogP contribution in [-0.4, -0.2) is 49.3 Å². The zero-order valence-electron chi connectivity index (χ0n) is 14.6. The molecule has 2 unspecified atom stereocenters. The topological polar surface area (TPSA) is 87.7 Å². The average molecular weight is 328 g/mol. The van der Waals surface area contributed by atoms with Crippen molar-refractivity contribution in [3.05, 3.63) is 0 Å². The predicted octanol–water partition coefficient (Wildman–Crippen LogP) is 1.22. The van der Waals surface area contributed by atoms with Gasteiger partial charge in [0.2, 0.25) is 11.8 Å². The summed E-state index contributed by atoms with van der Waals surface area (Å²) >= 11 is 0. The van der Waals surface area contributed by atoms with Gasteiger partial charge in [0.15, 0.2) is 0 Å². The summed E-state index contributed by atoms with van der Waals surface area (Å²) < 4.78 is 5.40. The molecule has 0 aromatic heterocycles. The van der Waals surface area contributed by atoms with Crippen molar-refractivity contribution in [3.63, 3.8) is 0 Å². The molecule has 0 saturated heterocycles. The number of amides is 2. The standard InChI is InChI=1S/C17H32N2O4/c1-12(2)9-15(17(22)18-7-8-20)19-16(21)11-13-5-4-6-14(10-13)23-3/h12-15,20H,4-11H2,1-3H3,(H,18,22)(H,19,21)/t13?,14?,15-/m0/s1. The van der Waals surface area contributed by atoms with Gasteiger partial charge < -0.3 is 20.5 Å². The maximum Gasteiger partial charge on any atom is 0.242 e. The van der Waals surface area contributed by atoms with Crippen molar-refractivity contribution >= 4 is 11.8 Å². The minimum absolute atomic E-state index is 0.0726. The van der Waals surface area contributed by atoms with Gasteiger partial charge in [-0.3, -0.25) is 9.59 Å². The van der Waals surface area contributed by atoms with E-state index in [2.05, 4.69) is 10.6 Å². The van der Waals surface area contributed by atoms with E-state index in [1.54, 1.807) is 7.11 Å². The molecule has 134 valence electrons. The van der Waals surface area contributed by atoms with E-state index in [4.69, 9.17) is 9.84 Å². The molecule has 1 fully saturated rings. The lowest BCUT2D eigenvalue weighted by atomic mass is 9.85. The molecule has 1 aliphatic carbocycles. The summed E-state index contributed by atoms with van der Waals surface area (Å²) in [6, 6.07) is -0.532. The van der Waals surface area contributed by atoms with Crippen LogP contribution in [0.2, 0.25) is 0 Å². The first-order chi connectivity index (χ1) is 11.0. The Bertz CT molecular complexity index is 374. The second-order valence-corrected chi connectivity index (χ2v) is 6.86. The van der Waals surface area contributed by atoms with Gasteiger partial charge in [-0.05, 0) is 37.5 Å². The number of ether oxygens (including phenoxy) is 1. The van der Waals surface area contributed by atoms with E-state index < -0.39 is 6.04 Å². The molecule has 0 aromatic rings. The van der Waals surface area contributed by atoms with Crippen molar-refractivity contribution in [2.24, 2.45) is 11.8 Å². The molecule has 23 heavy (non-hydrogen) atoms. The summed E-state index contributed by atoms with van der Waals surface area (Å²) in [6.07, 6.45) is 5.39. The van der Waals surface area contributed by atoms with Gasteiger partial charge in [-0.25, -0.2) is 0 Å². The van der Waals surface area contributed by atoms with Crippen LogP contribution in [0.15, 0.2) is 0 Å². The molecule has 2 amide bonds. The smallest absolute Gasteiger partial charge is 0.242 e. The molecule has 0 aliphatic heterocycles.